The molecule has 0 saturated heterocycles. The highest BCUT2D eigenvalue weighted by atomic mass is 19.4. The topological polar surface area (TPSA) is 57.6 Å². The second-order valence-electron chi connectivity index (χ2n) is 4.58. The predicted molar refractivity (Wildman–Crippen MR) is 56.8 cm³/mol. The monoisotopic (exact) mass is 267 g/mol. The number of hydrogen-bond acceptors (Lipinski definition) is 2. The third-order valence-corrected chi connectivity index (χ3v) is 3.18. The van der Waals surface area contributed by atoms with Crippen LogP contribution in [-0.2, 0) is 9.59 Å². The normalized spacial score (nSPS) is 18.0. The Labute approximate surface area is 103 Å². The third kappa shape index (κ3) is 2.94. The molecule has 1 aliphatic carbocycles. The van der Waals surface area contributed by atoms with Crippen LogP contribution in [0, 0.1) is 5.41 Å². The van der Waals surface area contributed by atoms with E-state index in [1.165, 1.54) is 0 Å². The average Bonchev–Trinajstić information content (AvgIpc) is 2.12. The van der Waals surface area contributed by atoms with Crippen LogP contribution in [0.15, 0.2) is 0 Å². The van der Waals surface area contributed by atoms with Crippen molar-refractivity contribution in [2.75, 3.05) is 13.1 Å². The van der Waals surface area contributed by atoms with Crippen LogP contribution in [-0.4, -0.2) is 41.1 Å². The molecule has 0 aromatic rings. The number of carbonyl (C=O) groups is 2. The Morgan fingerprint density at radius 1 is 1.33 bits per heavy atom. The Bertz CT molecular complexity index is 337. The number of nitrogens with zero attached hydrogens (tertiary/aromatic N) is 1. The van der Waals surface area contributed by atoms with E-state index in [0.717, 1.165) is 0 Å². The van der Waals surface area contributed by atoms with Gasteiger partial charge in [0.15, 0.2) is 0 Å². The summed E-state index contributed by atoms with van der Waals surface area (Å²) in [4.78, 5) is 23.7. The van der Waals surface area contributed by atoms with Crippen molar-refractivity contribution >= 4 is 11.9 Å². The zero-order valence-electron chi connectivity index (χ0n) is 10.1. The fraction of sp³-hybridized carbons (Fsp3) is 0.818. The summed E-state index contributed by atoms with van der Waals surface area (Å²) < 4.78 is 37.1. The van der Waals surface area contributed by atoms with Crippen molar-refractivity contribution in [2.45, 2.75) is 38.8 Å². The molecule has 0 heterocycles. The van der Waals surface area contributed by atoms with Gasteiger partial charge in [-0.1, -0.05) is 13.3 Å². The minimum Gasteiger partial charge on any atom is -0.480 e. The van der Waals surface area contributed by atoms with Crippen LogP contribution in [0.1, 0.15) is 32.6 Å². The van der Waals surface area contributed by atoms with Crippen molar-refractivity contribution < 1.29 is 27.9 Å². The first kappa shape index (κ1) is 14.8. The first-order valence-electron chi connectivity index (χ1n) is 5.82. The van der Waals surface area contributed by atoms with Gasteiger partial charge in [0.2, 0.25) is 5.91 Å². The first-order chi connectivity index (χ1) is 8.23. The summed E-state index contributed by atoms with van der Waals surface area (Å²) in [7, 11) is 0. The zero-order valence-corrected chi connectivity index (χ0v) is 10.1. The van der Waals surface area contributed by atoms with E-state index in [-0.39, 0.29) is 19.4 Å². The van der Waals surface area contributed by atoms with Crippen molar-refractivity contribution in [1.82, 2.24) is 4.90 Å². The van der Waals surface area contributed by atoms with E-state index >= 15 is 0 Å². The maximum atomic E-state index is 12.4. The fourth-order valence-corrected chi connectivity index (χ4v) is 2.09. The number of aliphatic carboxylic acids is 1. The fourth-order valence-electron chi connectivity index (χ4n) is 2.09. The first-order valence-corrected chi connectivity index (χ1v) is 5.82. The molecule has 1 fully saturated rings. The number of carbonyl (C=O) groups excluding carboxylic acids is 1. The summed E-state index contributed by atoms with van der Waals surface area (Å²) in [6.45, 7) is 0.187. The van der Waals surface area contributed by atoms with Crippen LogP contribution >= 0.6 is 0 Å². The molecular weight excluding hydrogens is 251 g/mol. The molecule has 0 aromatic heterocycles. The molecule has 4 nitrogen and oxygen atoms in total. The molecule has 1 rings (SSSR count). The molecule has 18 heavy (non-hydrogen) atoms. The highest BCUT2D eigenvalue weighted by Gasteiger charge is 2.53. The van der Waals surface area contributed by atoms with Gasteiger partial charge in [0.25, 0.3) is 0 Å². The Balaban J connectivity index is 2.85. The SMILES string of the molecule is CCCN(CC(F)(F)F)C(=O)C1(C(=O)O)CCC1. The zero-order chi connectivity index (χ0) is 14.0. The highest BCUT2D eigenvalue weighted by Crippen LogP contribution is 2.43. The number of halogens is 3. The van der Waals surface area contributed by atoms with Crippen molar-refractivity contribution in [3.63, 3.8) is 0 Å². The van der Waals surface area contributed by atoms with E-state index in [2.05, 4.69) is 0 Å². The molecule has 0 radical (unpaired) electrons. The average molecular weight is 267 g/mol. The molecule has 0 aromatic carbocycles. The van der Waals surface area contributed by atoms with E-state index in [1.807, 2.05) is 0 Å². The molecule has 0 atom stereocenters. The summed E-state index contributed by atoms with van der Waals surface area (Å²) in [5.74, 6) is -2.22. The van der Waals surface area contributed by atoms with Gasteiger partial charge in [-0.05, 0) is 19.3 Å². The van der Waals surface area contributed by atoms with Crippen molar-refractivity contribution in [2.24, 2.45) is 5.41 Å². The molecular formula is C11H16F3NO3. The van der Waals surface area contributed by atoms with Gasteiger partial charge in [-0.25, -0.2) is 0 Å². The van der Waals surface area contributed by atoms with Crippen LogP contribution in [0.5, 0.6) is 0 Å². The van der Waals surface area contributed by atoms with Crippen LogP contribution in [0.25, 0.3) is 0 Å². The van der Waals surface area contributed by atoms with Crippen LogP contribution in [0.2, 0.25) is 0 Å². The number of hydrogen-bond donors (Lipinski definition) is 1. The van der Waals surface area contributed by atoms with E-state index in [0.29, 0.717) is 17.7 Å². The molecule has 1 aliphatic rings. The molecule has 0 unspecified atom stereocenters. The Kier molecular flexibility index (Phi) is 4.24. The lowest BCUT2D eigenvalue weighted by atomic mass is 9.67. The van der Waals surface area contributed by atoms with Gasteiger partial charge in [-0.2, -0.15) is 13.2 Å². The summed E-state index contributed by atoms with van der Waals surface area (Å²) >= 11 is 0. The standard InChI is InChI=1S/C11H16F3NO3/c1-2-6-15(7-11(12,13)14)8(16)10(9(17)18)4-3-5-10/h2-7H2,1H3,(H,17,18). The van der Waals surface area contributed by atoms with Gasteiger partial charge in [0.05, 0.1) is 0 Å². The molecule has 1 saturated carbocycles. The molecule has 1 amide bonds. The maximum absolute atomic E-state index is 12.4. The second-order valence-corrected chi connectivity index (χ2v) is 4.58. The van der Waals surface area contributed by atoms with Gasteiger partial charge < -0.3 is 10.0 Å². The number of amides is 1. The lowest BCUT2D eigenvalue weighted by molar-refractivity contribution is -0.179. The lowest BCUT2D eigenvalue weighted by Crippen LogP contribution is -2.54. The van der Waals surface area contributed by atoms with Crippen molar-refractivity contribution in [3.05, 3.63) is 0 Å². The summed E-state index contributed by atoms with van der Waals surface area (Å²) in [6.07, 6.45) is -3.34. The van der Waals surface area contributed by atoms with Crippen molar-refractivity contribution in [1.29, 1.82) is 0 Å². The second kappa shape index (κ2) is 5.16. The molecule has 0 aliphatic heterocycles. The van der Waals surface area contributed by atoms with E-state index in [9.17, 15) is 22.8 Å². The third-order valence-electron chi connectivity index (χ3n) is 3.18. The van der Waals surface area contributed by atoms with Crippen molar-refractivity contribution in [3.8, 4) is 0 Å². The molecule has 1 N–H and O–H groups in total. The Hall–Kier alpha value is -1.27. The van der Waals surface area contributed by atoms with E-state index in [1.54, 1.807) is 6.92 Å². The van der Waals surface area contributed by atoms with Gasteiger partial charge >= 0.3 is 12.1 Å². The summed E-state index contributed by atoms with van der Waals surface area (Å²) in [6, 6.07) is 0. The van der Waals surface area contributed by atoms with Crippen LogP contribution in [0.4, 0.5) is 13.2 Å². The quantitative estimate of drug-likeness (QED) is 0.775. The number of carboxylic acids is 1. The van der Waals surface area contributed by atoms with Crippen LogP contribution < -0.4 is 0 Å². The highest BCUT2D eigenvalue weighted by molar-refractivity contribution is 6.02. The van der Waals surface area contributed by atoms with E-state index in [4.69, 9.17) is 5.11 Å². The van der Waals surface area contributed by atoms with Crippen LogP contribution in [0.3, 0.4) is 0 Å². The minimum atomic E-state index is -4.51. The minimum absolute atomic E-state index is 0.0760. The number of rotatable bonds is 5. The predicted octanol–water partition coefficient (Wildman–Crippen LogP) is 2.04. The lowest BCUT2D eigenvalue weighted by Gasteiger charge is -2.40. The van der Waals surface area contributed by atoms with Gasteiger partial charge in [-0.15, -0.1) is 0 Å². The van der Waals surface area contributed by atoms with Gasteiger partial charge in [0.1, 0.15) is 12.0 Å². The molecule has 0 spiro atoms. The molecule has 104 valence electrons. The Morgan fingerprint density at radius 2 is 1.89 bits per heavy atom. The summed E-state index contributed by atoms with van der Waals surface area (Å²) in [5.41, 5.74) is -1.62. The Morgan fingerprint density at radius 3 is 2.17 bits per heavy atom. The molecule has 7 heteroatoms. The van der Waals surface area contributed by atoms with Gasteiger partial charge in [0, 0.05) is 6.54 Å². The number of alkyl halides is 3. The maximum Gasteiger partial charge on any atom is 0.406 e. The smallest absolute Gasteiger partial charge is 0.406 e. The molecule has 0 bridgehead atoms. The van der Waals surface area contributed by atoms with Gasteiger partial charge in [-0.3, -0.25) is 9.59 Å². The largest absolute Gasteiger partial charge is 0.480 e. The number of carboxylic acid groups (broad SMARTS) is 1. The summed E-state index contributed by atoms with van der Waals surface area (Å²) in [5, 5.41) is 9.04. The van der Waals surface area contributed by atoms with E-state index < -0.39 is 30.0 Å².